The summed E-state index contributed by atoms with van der Waals surface area (Å²) in [6, 6.07) is 9.18. The van der Waals surface area contributed by atoms with Crippen molar-refractivity contribution in [3.63, 3.8) is 0 Å². The summed E-state index contributed by atoms with van der Waals surface area (Å²) in [5.41, 5.74) is 2.67. The van der Waals surface area contributed by atoms with Crippen molar-refractivity contribution < 1.29 is 13.2 Å². The lowest BCUT2D eigenvalue weighted by Crippen LogP contribution is -2.29. The fourth-order valence-corrected chi connectivity index (χ4v) is 5.48. The van der Waals surface area contributed by atoms with Gasteiger partial charge in [-0.3, -0.25) is 0 Å². The number of pyridine rings is 1. The molecule has 7 nitrogen and oxygen atoms in total. The Balaban J connectivity index is 1.52. The number of sulfone groups is 1. The summed E-state index contributed by atoms with van der Waals surface area (Å²) in [6.45, 7) is 8.07. The molecule has 3 aromatic rings. The highest BCUT2D eigenvalue weighted by molar-refractivity contribution is 7.90. The Morgan fingerprint density at radius 3 is 2.65 bits per heavy atom. The van der Waals surface area contributed by atoms with Crippen LogP contribution in [-0.2, 0) is 16.3 Å². The molecular formula is C25H32N4O3S2. The van der Waals surface area contributed by atoms with Gasteiger partial charge in [-0.1, -0.05) is 0 Å². The second kappa shape index (κ2) is 10.4. The number of likely N-dealkylation sites (N-methyl/N-ethyl adjacent to an activating group) is 1. The maximum atomic E-state index is 12.1. The van der Waals surface area contributed by atoms with E-state index in [1.165, 1.54) is 6.26 Å². The molecule has 34 heavy (non-hydrogen) atoms. The second-order valence-corrected chi connectivity index (χ2v) is 12.0. The van der Waals surface area contributed by atoms with Gasteiger partial charge in [-0.2, -0.15) is 0 Å². The molecule has 0 atom stereocenters. The van der Waals surface area contributed by atoms with Crippen LogP contribution in [0.2, 0.25) is 0 Å². The van der Waals surface area contributed by atoms with Gasteiger partial charge in [0.25, 0.3) is 0 Å². The Bertz CT molecular complexity index is 1220. The van der Waals surface area contributed by atoms with Crippen molar-refractivity contribution in [1.29, 1.82) is 0 Å². The number of hydrogen-bond donors (Lipinski definition) is 0. The number of thiazole rings is 1. The number of nitrogens with zero attached hydrogens (tertiary/aromatic N) is 4. The summed E-state index contributed by atoms with van der Waals surface area (Å²) in [5, 5.41) is 2.92. The first kappa shape index (κ1) is 24.6. The van der Waals surface area contributed by atoms with Crippen LogP contribution >= 0.6 is 11.3 Å². The van der Waals surface area contributed by atoms with Crippen molar-refractivity contribution in [2.45, 2.75) is 37.7 Å². The zero-order chi connectivity index (χ0) is 24.3. The zero-order valence-electron chi connectivity index (χ0n) is 20.2. The third-order valence-corrected chi connectivity index (χ3v) is 7.76. The molecule has 9 heteroatoms. The first-order valence-electron chi connectivity index (χ1n) is 11.5. The second-order valence-electron chi connectivity index (χ2n) is 9.06. The lowest BCUT2D eigenvalue weighted by Gasteiger charge is -2.21. The molecule has 4 rings (SSSR count). The highest BCUT2D eigenvalue weighted by Crippen LogP contribution is 2.29. The van der Waals surface area contributed by atoms with Gasteiger partial charge in [0.2, 0.25) is 0 Å². The highest BCUT2D eigenvalue weighted by Gasteiger charge is 2.16. The lowest BCUT2D eigenvalue weighted by atomic mass is 10.1. The van der Waals surface area contributed by atoms with E-state index in [0.29, 0.717) is 12.2 Å². The number of aromatic nitrogens is 2. The average Bonchev–Trinajstić information content (AvgIpc) is 3.14. The predicted molar refractivity (Wildman–Crippen MR) is 138 cm³/mol. The van der Waals surface area contributed by atoms with E-state index in [4.69, 9.17) is 14.7 Å². The van der Waals surface area contributed by atoms with Crippen LogP contribution in [0.25, 0.3) is 11.3 Å². The normalized spacial score (nSPS) is 15.5. The topological polar surface area (TPSA) is 75.6 Å². The Kier molecular flexibility index (Phi) is 7.54. The quantitative estimate of drug-likeness (QED) is 0.483. The van der Waals surface area contributed by atoms with Crippen LogP contribution < -0.4 is 9.64 Å². The molecule has 1 aliphatic heterocycles. The zero-order valence-corrected chi connectivity index (χ0v) is 21.8. The van der Waals surface area contributed by atoms with Crippen molar-refractivity contribution in [3.8, 4) is 17.0 Å². The number of hydrogen-bond acceptors (Lipinski definition) is 8. The largest absolute Gasteiger partial charge is 0.491 e. The number of anilines is 1. The van der Waals surface area contributed by atoms with Gasteiger partial charge in [0.15, 0.2) is 9.84 Å². The van der Waals surface area contributed by atoms with Gasteiger partial charge in [0.05, 0.1) is 21.7 Å². The number of ether oxygens (including phenoxy) is 1. The summed E-state index contributed by atoms with van der Waals surface area (Å²) in [4.78, 5) is 14.5. The molecule has 182 valence electrons. The third kappa shape index (κ3) is 6.14. The molecule has 0 aliphatic carbocycles. The van der Waals surface area contributed by atoms with Crippen LogP contribution in [0.5, 0.6) is 5.75 Å². The maximum absolute atomic E-state index is 12.1. The van der Waals surface area contributed by atoms with Crippen LogP contribution in [0.1, 0.15) is 30.8 Å². The van der Waals surface area contributed by atoms with Crippen LogP contribution in [0.4, 0.5) is 5.82 Å². The third-order valence-electron chi connectivity index (χ3n) is 5.80. The van der Waals surface area contributed by atoms with Gasteiger partial charge >= 0.3 is 0 Å². The molecule has 1 aliphatic rings. The van der Waals surface area contributed by atoms with E-state index in [1.807, 2.05) is 25.4 Å². The van der Waals surface area contributed by atoms with Gasteiger partial charge in [0, 0.05) is 55.0 Å². The summed E-state index contributed by atoms with van der Waals surface area (Å²) < 4.78 is 30.1. The first-order valence-corrected chi connectivity index (χ1v) is 14.3. The maximum Gasteiger partial charge on any atom is 0.175 e. The lowest BCUT2D eigenvalue weighted by molar-refractivity contribution is 0.240. The van der Waals surface area contributed by atoms with E-state index < -0.39 is 9.84 Å². The molecule has 0 unspecified atom stereocenters. The van der Waals surface area contributed by atoms with Crippen LogP contribution in [-0.4, -0.2) is 68.9 Å². The summed E-state index contributed by atoms with van der Waals surface area (Å²) in [5.74, 6) is 1.69. The Morgan fingerprint density at radius 2 is 1.94 bits per heavy atom. The summed E-state index contributed by atoms with van der Waals surface area (Å²) >= 11 is 1.56. The van der Waals surface area contributed by atoms with Gasteiger partial charge in [-0.25, -0.2) is 18.4 Å². The van der Waals surface area contributed by atoms with Crippen LogP contribution in [0.15, 0.2) is 46.8 Å². The van der Waals surface area contributed by atoms with Gasteiger partial charge < -0.3 is 14.5 Å². The molecule has 0 bridgehead atoms. The minimum absolute atomic E-state index is 0.0103. The molecule has 3 heterocycles. The van der Waals surface area contributed by atoms with Crippen LogP contribution in [0, 0.1) is 0 Å². The van der Waals surface area contributed by atoms with Gasteiger partial charge in [-0.05, 0) is 64.2 Å². The molecule has 2 aromatic heterocycles. The van der Waals surface area contributed by atoms with Crippen molar-refractivity contribution in [3.05, 3.63) is 52.5 Å². The van der Waals surface area contributed by atoms with E-state index in [9.17, 15) is 8.42 Å². The highest BCUT2D eigenvalue weighted by atomic mass is 32.2. The Hall–Kier alpha value is -2.49. The van der Waals surface area contributed by atoms with E-state index in [0.717, 1.165) is 60.2 Å². The van der Waals surface area contributed by atoms with E-state index in [-0.39, 0.29) is 11.0 Å². The summed E-state index contributed by atoms with van der Waals surface area (Å²) in [7, 11) is -1.15. The Morgan fingerprint density at radius 1 is 1.12 bits per heavy atom. The molecule has 1 saturated heterocycles. The summed E-state index contributed by atoms with van der Waals surface area (Å²) in [6.07, 6.45) is 4.74. The van der Waals surface area contributed by atoms with Crippen molar-refractivity contribution in [2.75, 3.05) is 44.4 Å². The fraction of sp³-hybridized carbons (Fsp3) is 0.440. The Labute approximate surface area is 206 Å². The van der Waals surface area contributed by atoms with Gasteiger partial charge in [-0.15, -0.1) is 11.3 Å². The van der Waals surface area contributed by atoms with E-state index in [2.05, 4.69) is 29.0 Å². The molecule has 0 saturated carbocycles. The molecule has 0 spiro atoms. The molecule has 1 fully saturated rings. The minimum atomic E-state index is -3.31. The first-order chi connectivity index (χ1) is 16.2. The molecule has 0 radical (unpaired) electrons. The molecule has 0 N–H and O–H groups in total. The predicted octanol–water partition coefficient (Wildman–Crippen LogP) is 4.13. The molecule has 0 amide bonds. The van der Waals surface area contributed by atoms with Gasteiger partial charge in [0.1, 0.15) is 11.6 Å². The van der Waals surface area contributed by atoms with Crippen molar-refractivity contribution in [1.82, 2.24) is 14.9 Å². The van der Waals surface area contributed by atoms with Crippen molar-refractivity contribution in [2.24, 2.45) is 0 Å². The number of benzene rings is 1. The standard InChI is InChI=1S/C25H32N4O3S2/c1-18(2)32-23-8-7-21(34(4,30)31)14-20(23)15-25-27-22(17-33-25)19-6-9-24(26-16-19)29-11-5-10-28(3)12-13-29/h6-9,14,16-18H,5,10-13,15H2,1-4H3. The molecular weight excluding hydrogens is 468 g/mol. The monoisotopic (exact) mass is 500 g/mol. The smallest absolute Gasteiger partial charge is 0.175 e. The number of rotatable bonds is 7. The fourth-order valence-electron chi connectivity index (χ4n) is 3.98. The van der Waals surface area contributed by atoms with E-state index in [1.54, 1.807) is 29.5 Å². The molecule has 1 aromatic carbocycles. The SMILES string of the molecule is CC(C)Oc1ccc(S(C)(=O)=O)cc1Cc1nc(-c2ccc(N3CCCN(C)CC3)nc2)cs1. The van der Waals surface area contributed by atoms with E-state index >= 15 is 0 Å². The minimum Gasteiger partial charge on any atom is -0.491 e. The van der Waals surface area contributed by atoms with Crippen molar-refractivity contribution >= 4 is 27.0 Å². The van der Waals surface area contributed by atoms with Crippen LogP contribution in [0.3, 0.4) is 0 Å². The average molecular weight is 501 g/mol.